The smallest absolute Gasteiger partial charge is 0.204 e. The first-order valence-corrected chi connectivity index (χ1v) is 19.3. The number of fused-ring (bicyclic) bond motifs is 2. The largest absolute Gasteiger partial charge is 0.507 e. The minimum absolute atomic E-state index is 0.110. The van der Waals surface area contributed by atoms with Crippen molar-refractivity contribution in [2.24, 2.45) is 0 Å². The van der Waals surface area contributed by atoms with Crippen LogP contribution in [0.15, 0.2) is 44.6 Å². The molecule has 0 fully saturated rings. The molecule has 0 unspecified atom stereocenters. The SMILES string of the molecule is COc1c(OCCCCCCN(Br)Br)cc2oc3cc(OCCCCCCN(Br)Br)c(CC=C(C)C)c(O)c3c(=O)c2c1CC=C(C)C. The normalized spacial score (nSPS) is 11.5. The molecule has 1 aromatic heterocycles. The Morgan fingerprint density at radius 3 is 1.73 bits per heavy atom. The summed E-state index contributed by atoms with van der Waals surface area (Å²) in [6.45, 7) is 10.8. The highest BCUT2D eigenvalue weighted by Crippen LogP contribution is 2.42. The number of unbranched alkanes of at least 4 members (excludes halogenated alkanes) is 6. The van der Waals surface area contributed by atoms with Gasteiger partial charge in [0, 0.05) is 101 Å². The van der Waals surface area contributed by atoms with E-state index in [1.165, 1.54) is 0 Å². The molecule has 48 heavy (non-hydrogen) atoms. The van der Waals surface area contributed by atoms with Gasteiger partial charge in [-0.1, -0.05) is 49.0 Å². The number of nitrogens with zero attached hydrogens (tertiary/aromatic N) is 2. The molecule has 3 rings (SSSR count). The first-order valence-electron chi connectivity index (χ1n) is 16.5. The van der Waals surface area contributed by atoms with Crippen LogP contribution in [-0.4, -0.2) is 44.4 Å². The third kappa shape index (κ3) is 12.3. The van der Waals surface area contributed by atoms with Crippen molar-refractivity contribution in [2.75, 3.05) is 33.4 Å². The molecule has 3 aromatic rings. The molecule has 0 aliphatic rings. The van der Waals surface area contributed by atoms with Crippen LogP contribution in [0.4, 0.5) is 0 Å². The Bertz CT molecular complexity index is 1610. The Kier molecular flexibility index (Phi) is 17.8. The zero-order valence-electron chi connectivity index (χ0n) is 28.6. The summed E-state index contributed by atoms with van der Waals surface area (Å²) in [6.07, 6.45) is 13.0. The Hall–Kier alpha value is -1.57. The zero-order chi connectivity index (χ0) is 35.2. The molecule has 0 aliphatic carbocycles. The van der Waals surface area contributed by atoms with Crippen molar-refractivity contribution in [3.8, 4) is 23.0 Å². The second-order valence-corrected chi connectivity index (χ2v) is 17.6. The Labute approximate surface area is 319 Å². The number of hydrogen-bond acceptors (Lipinski definition) is 8. The predicted molar refractivity (Wildman–Crippen MR) is 212 cm³/mol. The van der Waals surface area contributed by atoms with Crippen LogP contribution in [0.2, 0.25) is 0 Å². The summed E-state index contributed by atoms with van der Waals surface area (Å²) < 4.78 is 28.5. The van der Waals surface area contributed by atoms with E-state index in [4.69, 9.17) is 18.6 Å². The number of allylic oxidation sites excluding steroid dienone is 4. The number of phenols is 1. The maximum Gasteiger partial charge on any atom is 0.204 e. The van der Waals surface area contributed by atoms with Crippen LogP contribution in [0.25, 0.3) is 21.9 Å². The standard InChI is InChI=1S/C36H48Br4N2O6/c1-24(2)14-16-26-28(46-20-12-8-6-10-18-41(37)38)22-30-33(34(26)43)35(44)32-27(17-15-25(3)4)36(45-5)31(23-29(32)48-30)47-21-13-9-7-11-19-42(39)40/h14-15,22-23,43H,6-13,16-21H2,1-5H3. The van der Waals surface area contributed by atoms with E-state index in [2.05, 4.69) is 70.7 Å². The van der Waals surface area contributed by atoms with Gasteiger partial charge in [0.15, 0.2) is 11.5 Å². The summed E-state index contributed by atoms with van der Waals surface area (Å²) in [5.41, 5.74) is 3.79. The average molecular weight is 924 g/mol. The van der Waals surface area contributed by atoms with E-state index < -0.39 is 0 Å². The minimum Gasteiger partial charge on any atom is -0.507 e. The predicted octanol–water partition coefficient (Wildman–Crippen LogP) is 11.4. The van der Waals surface area contributed by atoms with E-state index >= 15 is 0 Å². The molecule has 2 aromatic carbocycles. The molecule has 0 amide bonds. The number of halogens is 4. The van der Waals surface area contributed by atoms with Crippen molar-refractivity contribution in [1.29, 1.82) is 0 Å². The first-order chi connectivity index (χ1) is 22.9. The fourth-order valence-electron chi connectivity index (χ4n) is 5.41. The van der Waals surface area contributed by atoms with Crippen LogP contribution < -0.4 is 19.6 Å². The topological polar surface area (TPSA) is 84.6 Å². The van der Waals surface area contributed by atoms with Gasteiger partial charge in [-0.3, -0.25) is 4.79 Å². The fourth-order valence-corrected chi connectivity index (χ4v) is 6.41. The number of methoxy groups -OCH3 is 1. The van der Waals surface area contributed by atoms with Gasteiger partial charge in [-0.2, -0.15) is 5.90 Å². The van der Waals surface area contributed by atoms with E-state index in [-0.39, 0.29) is 22.1 Å². The highest BCUT2D eigenvalue weighted by molar-refractivity contribution is 9.21. The van der Waals surface area contributed by atoms with Crippen LogP contribution in [0.3, 0.4) is 0 Å². The summed E-state index contributed by atoms with van der Waals surface area (Å²) >= 11 is 13.5. The van der Waals surface area contributed by atoms with E-state index in [9.17, 15) is 9.90 Å². The summed E-state index contributed by atoms with van der Waals surface area (Å²) in [4.78, 5) is 14.4. The van der Waals surface area contributed by atoms with Gasteiger partial charge in [0.1, 0.15) is 28.1 Å². The minimum atomic E-state index is -0.309. The molecule has 0 radical (unpaired) electrons. The molecule has 0 saturated carbocycles. The average Bonchev–Trinajstić information content (AvgIpc) is 3.01. The third-order valence-electron chi connectivity index (χ3n) is 7.90. The van der Waals surface area contributed by atoms with E-state index in [1.807, 2.05) is 39.7 Å². The third-order valence-corrected chi connectivity index (χ3v) is 9.32. The number of hydrogen-bond donors (Lipinski definition) is 1. The van der Waals surface area contributed by atoms with Crippen LogP contribution in [0.5, 0.6) is 23.0 Å². The molecule has 0 saturated heterocycles. The molecule has 8 nitrogen and oxygen atoms in total. The van der Waals surface area contributed by atoms with Crippen molar-refractivity contribution in [3.63, 3.8) is 0 Å². The second kappa shape index (κ2) is 20.9. The van der Waals surface area contributed by atoms with E-state index in [1.54, 1.807) is 19.2 Å². The van der Waals surface area contributed by atoms with Gasteiger partial charge in [0.2, 0.25) is 5.43 Å². The molecule has 1 N–H and O–H groups in total. The van der Waals surface area contributed by atoms with Crippen LogP contribution in [0.1, 0.15) is 90.2 Å². The van der Waals surface area contributed by atoms with Crippen molar-refractivity contribution in [2.45, 2.75) is 91.9 Å². The summed E-state index contributed by atoms with van der Waals surface area (Å²) in [7, 11) is 1.59. The summed E-state index contributed by atoms with van der Waals surface area (Å²) in [6, 6.07) is 3.49. The van der Waals surface area contributed by atoms with Gasteiger partial charge < -0.3 is 23.7 Å². The maximum atomic E-state index is 14.4. The summed E-state index contributed by atoms with van der Waals surface area (Å²) in [5, 5.41) is 12.2. The number of benzene rings is 2. The van der Waals surface area contributed by atoms with Crippen molar-refractivity contribution in [1.82, 2.24) is 5.90 Å². The molecular weight excluding hydrogens is 876 g/mol. The van der Waals surface area contributed by atoms with Crippen molar-refractivity contribution < 1.29 is 23.7 Å². The first kappa shape index (κ1) is 40.9. The second-order valence-electron chi connectivity index (χ2n) is 12.3. The highest BCUT2D eigenvalue weighted by Gasteiger charge is 2.24. The molecule has 0 bridgehead atoms. The molecule has 0 spiro atoms. The van der Waals surface area contributed by atoms with Crippen LogP contribution >= 0.6 is 64.6 Å². The molecule has 12 heteroatoms. The quantitative estimate of drug-likeness (QED) is 0.0490. The molecule has 0 aliphatic heterocycles. The van der Waals surface area contributed by atoms with Gasteiger partial charge in [-0.05, 0) is 66.2 Å². The lowest BCUT2D eigenvalue weighted by molar-refractivity contribution is 0.284. The van der Waals surface area contributed by atoms with Gasteiger partial charge in [0.05, 0.1) is 25.7 Å². The Balaban J connectivity index is 2.05. The van der Waals surface area contributed by atoms with E-state index in [0.717, 1.165) is 75.6 Å². The van der Waals surface area contributed by atoms with Crippen LogP contribution in [0, 0.1) is 0 Å². The number of aromatic hydroxyl groups is 1. The van der Waals surface area contributed by atoms with Gasteiger partial charge in [-0.25, -0.2) is 0 Å². The van der Waals surface area contributed by atoms with Gasteiger partial charge in [0.25, 0.3) is 0 Å². The van der Waals surface area contributed by atoms with Gasteiger partial charge >= 0.3 is 0 Å². The maximum absolute atomic E-state index is 14.4. The highest BCUT2D eigenvalue weighted by atomic mass is 79.9. The Morgan fingerprint density at radius 1 is 0.729 bits per heavy atom. The zero-order valence-corrected chi connectivity index (χ0v) is 34.9. The Morgan fingerprint density at radius 2 is 1.21 bits per heavy atom. The summed E-state index contributed by atoms with van der Waals surface area (Å²) in [5.74, 6) is 1.44. The van der Waals surface area contributed by atoms with Crippen molar-refractivity contribution in [3.05, 3.63) is 56.8 Å². The lowest BCUT2D eigenvalue weighted by atomic mass is 9.98. The lowest BCUT2D eigenvalue weighted by Crippen LogP contribution is -2.10. The van der Waals surface area contributed by atoms with Gasteiger partial charge in [-0.15, -0.1) is 0 Å². The number of rotatable bonds is 21. The molecular formula is C36H48Br4N2O6. The number of phenolic OH excluding ortho intramolecular Hbond substituents is 1. The molecule has 0 atom stereocenters. The monoisotopic (exact) mass is 920 g/mol. The van der Waals surface area contributed by atoms with Crippen LogP contribution in [-0.2, 0) is 12.8 Å². The van der Waals surface area contributed by atoms with Crippen molar-refractivity contribution >= 4 is 86.5 Å². The lowest BCUT2D eigenvalue weighted by Gasteiger charge is -2.18. The molecule has 1 heterocycles. The fraction of sp³-hybridized carbons (Fsp3) is 0.528. The number of ether oxygens (including phenoxy) is 3. The van der Waals surface area contributed by atoms with E-state index in [0.29, 0.717) is 65.4 Å². The molecule has 266 valence electrons.